The standard InChI is InChI=1S/C23H23FIN5O2/c24-17-5-1-2-6-19(17)30-14-18(25)21(28-30)27-13-16-8-10-23(11-9-16)15-29(22(31)32-23)20-7-3-4-12-26-20/h1-7,12,14,16H,8-11,13,15H2,(H,27,28)/t16-,23-. The van der Waals surface area contributed by atoms with Crippen molar-refractivity contribution in [1.29, 1.82) is 0 Å². The first-order valence-electron chi connectivity index (χ1n) is 10.7. The Hall–Kier alpha value is -2.69. The lowest BCUT2D eigenvalue weighted by Crippen LogP contribution is -2.39. The Balaban J connectivity index is 1.18. The third-order valence-electron chi connectivity index (χ3n) is 6.24. The van der Waals surface area contributed by atoms with E-state index in [1.54, 1.807) is 34.0 Å². The van der Waals surface area contributed by atoms with E-state index < -0.39 is 5.60 Å². The lowest BCUT2D eigenvalue weighted by atomic mass is 9.78. The number of carbonyl (C=O) groups is 1. The van der Waals surface area contributed by atoms with Gasteiger partial charge in [-0.2, -0.15) is 0 Å². The first-order valence-corrected chi connectivity index (χ1v) is 11.8. The average Bonchev–Trinajstić information content (AvgIpc) is 3.34. The Morgan fingerprint density at radius 2 is 1.97 bits per heavy atom. The SMILES string of the molecule is O=C1O[C@]2(CC[C@H](CNc3nn(-c4ccccc4F)cc3I)CC2)CN1c1ccccn1. The number of para-hydroxylation sites is 1. The number of halogens is 2. The van der Waals surface area contributed by atoms with Gasteiger partial charge in [0.2, 0.25) is 0 Å². The molecule has 7 nitrogen and oxygen atoms in total. The van der Waals surface area contributed by atoms with Gasteiger partial charge in [-0.25, -0.2) is 18.9 Å². The Morgan fingerprint density at radius 1 is 1.19 bits per heavy atom. The van der Waals surface area contributed by atoms with Crippen molar-refractivity contribution in [2.75, 3.05) is 23.3 Å². The molecule has 1 saturated carbocycles. The normalized spacial score (nSPS) is 22.9. The first-order chi connectivity index (χ1) is 15.5. The zero-order valence-corrected chi connectivity index (χ0v) is 19.5. The first kappa shape index (κ1) is 21.2. The van der Waals surface area contributed by atoms with Crippen LogP contribution in [0.2, 0.25) is 0 Å². The molecule has 9 heteroatoms. The number of pyridine rings is 1. The molecule has 0 bridgehead atoms. The molecule has 2 fully saturated rings. The van der Waals surface area contributed by atoms with Gasteiger partial charge in [0.15, 0.2) is 5.82 Å². The van der Waals surface area contributed by atoms with E-state index in [9.17, 15) is 9.18 Å². The molecule has 1 N–H and O–H groups in total. The highest BCUT2D eigenvalue weighted by Crippen LogP contribution is 2.40. The highest BCUT2D eigenvalue weighted by molar-refractivity contribution is 14.1. The van der Waals surface area contributed by atoms with Crippen molar-refractivity contribution in [3.63, 3.8) is 0 Å². The number of nitrogens with zero attached hydrogens (tertiary/aromatic N) is 4. The molecule has 1 aliphatic carbocycles. The maximum absolute atomic E-state index is 14.1. The summed E-state index contributed by atoms with van der Waals surface area (Å²) in [6, 6.07) is 12.1. The number of ether oxygens (including phenoxy) is 1. The Kier molecular flexibility index (Phi) is 5.75. The quantitative estimate of drug-likeness (QED) is 0.455. The van der Waals surface area contributed by atoms with Crippen LogP contribution in [0.3, 0.4) is 0 Å². The summed E-state index contributed by atoms with van der Waals surface area (Å²) in [6.07, 6.45) is 6.77. The van der Waals surface area contributed by atoms with Crippen LogP contribution in [0.15, 0.2) is 54.9 Å². The molecule has 0 atom stereocenters. The topological polar surface area (TPSA) is 72.3 Å². The fraction of sp³-hybridized carbons (Fsp3) is 0.348. The van der Waals surface area contributed by atoms with Crippen molar-refractivity contribution >= 4 is 40.3 Å². The lowest BCUT2D eigenvalue weighted by Gasteiger charge is -2.35. The zero-order chi connectivity index (χ0) is 22.1. The van der Waals surface area contributed by atoms with Crippen LogP contribution in [0, 0.1) is 15.3 Å². The summed E-state index contributed by atoms with van der Waals surface area (Å²) in [5.74, 6) is 1.54. The van der Waals surface area contributed by atoms with E-state index in [1.807, 2.05) is 24.4 Å². The zero-order valence-electron chi connectivity index (χ0n) is 17.4. The maximum Gasteiger partial charge on any atom is 0.416 e. The van der Waals surface area contributed by atoms with E-state index in [0.29, 0.717) is 24.0 Å². The minimum Gasteiger partial charge on any atom is -0.441 e. The van der Waals surface area contributed by atoms with Crippen molar-refractivity contribution in [3.8, 4) is 5.69 Å². The monoisotopic (exact) mass is 547 g/mol. The lowest BCUT2D eigenvalue weighted by molar-refractivity contribution is 0.0148. The number of rotatable bonds is 5. The molecule has 32 heavy (non-hydrogen) atoms. The van der Waals surface area contributed by atoms with E-state index in [1.165, 1.54) is 6.07 Å². The smallest absolute Gasteiger partial charge is 0.416 e. The van der Waals surface area contributed by atoms with Crippen LogP contribution in [0.1, 0.15) is 25.7 Å². The molecule has 2 aliphatic rings. The largest absolute Gasteiger partial charge is 0.441 e. The summed E-state index contributed by atoms with van der Waals surface area (Å²) in [4.78, 5) is 18.4. The molecule has 1 saturated heterocycles. The molecule has 1 aromatic carbocycles. The molecule has 166 valence electrons. The average molecular weight is 547 g/mol. The number of benzene rings is 1. The number of anilines is 2. The van der Waals surface area contributed by atoms with Crippen LogP contribution < -0.4 is 10.2 Å². The molecule has 1 aliphatic heterocycles. The van der Waals surface area contributed by atoms with Crippen molar-refractivity contribution in [3.05, 3.63) is 64.2 Å². The van der Waals surface area contributed by atoms with Crippen LogP contribution in [0.4, 0.5) is 20.8 Å². The molecule has 2 aromatic heterocycles. The second kappa shape index (κ2) is 8.68. The predicted molar refractivity (Wildman–Crippen MR) is 127 cm³/mol. The summed E-state index contributed by atoms with van der Waals surface area (Å²) in [6.45, 7) is 1.33. The molecule has 5 rings (SSSR count). The Morgan fingerprint density at radius 3 is 2.72 bits per heavy atom. The summed E-state index contributed by atoms with van der Waals surface area (Å²) in [5, 5.41) is 7.95. The predicted octanol–water partition coefficient (Wildman–Crippen LogP) is 5.01. The van der Waals surface area contributed by atoms with E-state index >= 15 is 0 Å². The molecule has 3 heterocycles. The van der Waals surface area contributed by atoms with Gasteiger partial charge in [-0.3, -0.25) is 4.90 Å². The fourth-order valence-electron chi connectivity index (χ4n) is 4.46. The van der Waals surface area contributed by atoms with Gasteiger partial charge in [-0.05, 0) is 78.5 Å². The van der Waals surface area contributed by atoms with Gasteiger partial charge in [-0.1, -0.05) is 18.2 Å². The Labute approximate surface area is 199 Å². The van der Waals surface area contributed by atoms with Crippen molar-refractivity contribution in [2.24, 2.45) is 5.92 Å². The van der Waals surface area contributed by atoms with Crippen LogP contribution in [0.5, 0.6) is 0 Å². The van der Waals surface area contributed by atoms with Gasteiger partial charge in [0.05, 0.1) is 10.1 Å². The molecule has 1 spiro atoms. The molecule has 3 aromatic rings. The number of hydrogen-bond acceptors (Lipinski definition) is 5. The summed E-state index contributed by atoms with van der Waals surface area (Å²) in [5.41, 5.74) is 0.00458. The van der Waals surface area contributed by atoms with Crippen LogP contribution in [-0.4, -0.2) is 39.5 Å². The highest BCUT2D eigenvalue weighted by atomic mass is 127. The van der Waals surface area contributed by atoms with Gasteiger partial charge in [0, 0.05) is 18.9 Å². The fourth-order valence-corrected chi connectivity index (χ4v) is 5.02. The molecular weight excluding hydrogens is 524 g/mol. The van der Waals surface area contributed by atoms with Gasteiger partial charge in [0.25, 0.3) is 0 Å². The van der Waals surface area contributed by atoms with E-state index in [-0.39, 0.29) is 11.9 Å². The van der Waals surface area contributed by atoms with E-state index in [4.69, 9.17) is 4.74 Å². The number of carbonyl (C=O) groups excluding carboxylic acids is 1. The van der Waals surface area contributed by atoms with Crippen molar-refractivity contribution in [2.45, 2.75) is 31.3 Å². The molecule has 0 unspecified atom stereocenters. The minimum absolute atomic E-state index is 0.304. The van der Waals surface area contributed by atoms with Gasteiger partial charge in [-0.15, -0.1) is 5.10 Å². The van der Waals surface area contributed by atoms with Crippen LogP contribution in [0.25, 0.3) is 5.69 Å². The van der Waals surface area contributed by atoms with Gasteiger partial charge >= 0.3 is 6.09 Å². The maximum atomic E-state index is 14.1. The molecule has 0 radical (unpaired) electrons. The summed E-state index contributed by atoms with van der Waals surface area (Å²) in [7, 11) is 0. The van der Waals surface area contributed by atoms with Crippen LogP contribution in [-0.2, 0) is 4.74 Å². The van der Waals surface area contributed by atoms with Gasteiger partial charge in [0.1, 0.15) is 22.9 Å². The number of nitrogens with one attached hydrogen (secondary N) is 1. The third kappa shape index (κ3) is 4.17. The second-order valence-corrected chi connectivity index (χ2v) is 9.53. The highest BCUT2D eigenvalue weighted by Gasteiger charge is 2.47. The minimum atomic E-state index is -0.425. The number of hydrogen-bond donors (Lipinski definition) is 1. The van der Waals surface area contributed by atoms with Gasteiger partial charge < -0.3 is 10.1 Å². The number of aromatic nitrogens is 3. The number of amides is 1. The summed E-state index contributed by atoms with van der Waals surface area (Å²) < 4.78 is 22.4. The van der Waals surface area contributed by atoms with E-state index in [0.717, 1.165) is 41.6 Å². The molecule has 1 amide bonds. The Bertz CT molecular complexity index is 1110. The summed E-state index contributed by atoms with van der Waals surface area (Å²) >= 11 is 2.21. The van der Waals surface area contributed by atoms with Crippen molar-refractivity contribution in [1.82, 2.24) is 14.8 Å². The van der Waals surface area contributed by atoms with Crippen molar-refractivity contribution < 1.29 is 13.9 Å². The van der Waals surface area contributed by atoms with Crippen LogP contribution >= 0.6 is 22.6 Å². The second-order valence-electron chi connectivity index (χ2n) is 8.37. The van der Waals surface area contributed by atoms with E-state index in [2.05, 4.69) is 38.0 Å². The third-order valence-corrected chi connectivity index (χ3v) is 7.03. The molecular formula is C23H23FIN5O2.